The molecule has 0 spiro atoms. The van der Waals surface area contributed by atoms with Crippen LogP contribution in [0.4, 0.5) is 0 Å². The molecule has 0 radical (unpaired) electrons. The summed E-state index contributed by atoms with van der Waals surface area (Å²) in [6.45, 7) is 7.89. The first-order valence-corrected chi connectivity index (χ1v) is 15.7. The highest BCUT2D eigenvalue weighted by Crippen LogP contribution is 2.35. The molecule has 3 aromatic rings. The number of sulfonamides is 1. The Hall–Kier alpha value is -2.56. The van der Waals surface area contributed by atoms with Crippen LogP contribution in [0, 0.1) is 24.7 Å². The van der Waals surface area contributed by atoms with E-state index in [0.29, 0.717) is 41.8 Å². The van der Waals surface area contributed by atoms with Crippen molar-refractivity contribution in [2.24, 2.45) is 17.8 Å². The van der Waals surface area contributed by atoms with E-state index in [1.165, 1.54) is 32.1 Å². The average Bonchev–Trinajstić information content (AvgIpc) is 3.23. The Morgan fingerprint density at radius 1 is 1.08 bits per heavy atom. The zero-order chi connectivity index (χ0) is 27.0. The first kappa shape index (κ1) is 27.0. The fraction of sp³-hybridized carbons (Fsp3) is 0.536. The van der Waals surface area contributed by atoms with Gasteiger partial charge in [0.2, 0.25) is 15.9 Å². The normalized spacial score (nSPS) is 21.7. The van der Waals surface area contributed by atoms with Crippen molar-refractivity contribution < 1.29 is 13.2 Å². The number of piperidine rings is 2. The van der Waals surface area contributed by atoms with Crippen LogP contribution in [0.2, 0.25) is 0 Å². The van der Waals surface area contributed by atoms with Gasteiger partial charge in [0.1, 0.15) is 16.3 Å². The second-order valence-electron chi connectivity index (χ2n) is 11.1. The lowest BCUT2D eigenvalue weighted by molar-refractivity contribution is -0.133. The number of carbonyl (C=O) groups excluding carboxylic acids is 1. The molecule has 10 heteroatoms. The SMILES string of the molecule is Cc1sc2ncn(CC(=O)N3CCC(Cc4ccccc4)CC3)c(=O)c2c1S(=O)(=O)N1C[C@H](C)C[C@@H](C)C1. The predicted octanol–water partition coefficient (Wildman–Crippen LogP) is 3.91. The van der Waals surface area contributed by atoms with Crippen LogP contribution in [0.5, 0.6) is 0 Å². The maximum atomic E-state index is 13.8. The lowest BCUT2D eigenvalue weighted by Crippen LogP contribution is -2.43. The Kier molecular flexibility index (Phi) is 7.75. The number of aryl methyl sites for hydroxylation is 1. The fourth-order valence-electron chi connectivity index (χ4n) is 6.05. The quantitative estimate of drug-likeness (QED) is 0.459. The molecule has 0 unspecified atom stereocenters. The highest BCUT2D eigenvalue weighted by atomic mass is 32.2. The monoisotopic (exact) mass is 556 g/mol. The van der Waals surface area contributed by atoms with Crippen molar-refractivity contribution >= 4 is 37.5 Å². The number of aromatic nitrogens is 2. The van der Waals surface area contributed by atoms with Crippen LogP contribution >= 0.6 is 11.3 Å². The van der Waals surface area contributed by atoms with Crippen molar-refractivity contribution in [1.82, 2.24) is 18.8 Å². The van der Waals surface area contributed by atoms with Crippen molar-refractivity contribution in [2.45, 2.75) is 57.9 Å². The van der Waals surface area contributed by atoms with Crippen molar-refractivity contribution in [3.05, 3.63) is 57.5 Å². The van der Waals surface area contributed by atoms with Crippen LogP contribution in [0.3, 0.4) is 0 Å². The zero-order valence-electron chi connectivity index (χ0n) is 22.3. The van der Waals surface area contributed by atoms with Gasteiger partial charge in [0.25, 0.3) is 5.56 Å². The maximum Gasteiger partial charge on any atom is 0.263 e. The molecule has 2 atom stereocenters. The molecule has 1 aromatic carbocycles. The van der Waals surface area contributed by atoms with Gasteiger partial charge in [0.15, 0.2) is 0 Å². The van der Waals surface area contributed by atoms with Crippen LogP contribution in [-0.2, 0) is 27.8 Å². The fourth-order valence-corrected chi connectivity index (χ4v) is 9.39. The van der Waals surface area contributed by atoms with Gasteiger partial charge in [0.05, 0.1) is 11.7 Å². The number of fused-ring (bicyclic) bond motifs is 1. The lowest BCUT2D eigenvalue weighted by Gasteiger charge is -2.34. The smallest absolute Gasteiger partial charge is 0.263 e. The van der Waals surface area contributed by atoms with E-state index in [0.717, 1.165) is 25.7 Å². The van der Waals surface area contributed by atoms with E-state index in [-0.39, 0.29) is 34.6 Å². The molecule has 5 rings (SSSR count). The number of rotatable bonds is 6. The number of likely N-dealkylation sites (tertiary alicyclic amines) is 1. The van der Waals surface area contributed by atoms with Gasteiger partial charge in [-0.2, -0.15) is 4.31 Å². The van der Waals surface area contributed by atoms with E-state index in [9.17, 15) is 18.0 Å². The van der Waals surface area contributed by atoms with Crippen LogP contribution in [0.1, 0.15) is 43.6 Å². The first-order chi connectivity index (χ1) is 18.1. The summed E-state index contributed by atoms with van der Waals surface area (Å²) in [6, 6.07) is 10.4. The maximum absolute atomic E-state index is 13.8. The number of hydrogen-bond donors (Lipinski definition) is 0. The molecular weight excluding hydrogens is 520 g/mol. The molecule has 0 bridgehead atoms. The van der Waals surface area contributed by atoms with E-state index in [2.05, 4.69) is 43.1 Å². The molecule has 8 nitrogen and oxygen atoms in total. The Labute approximate surface area is 228 Å². The molecule has 2 aliphatic heterocycles. The Morgan fingerprint density at radius 2 is 1.74 bits per heavy atom. The molecule has 204 valence electrons. The van der Waals surface area contributed by atoms with Gasteiger partial charge in [-0.05, 0) is 55.9 Å². The number of carbonyl (C=O) groups is 1. The van der Waals surface area contributed by atoms with Crippen LogP contribution < -0.4 is 5.56 Å². The summed E-state index contributed by atoms with van der Waals surface area (Å²) in [4.78, 5) is 33.9. The summed E-state index contributed by atoms with van der Waals surface area (Å²) in [5.41, 5.74) is 0.844. The molecule has 2 aliphatic rings. The van der Waals surface area contributed by atoms with Crippen molar-refractivity contribution in [2.75, 3.05) is 26.2 Å². The van der Waals surface area contributed by atoms with E-state index in [1.807, 2.05) is 11.0 Å². The van der Waals surface area contributed by atoms with Gasteiger partial charge in [-0.1, -0.05) is 44.2 Å². The van der Waals surface area contributed by atoms with E-state index in [4.69, 9.17) is 0 Å². The van der Waals surface area contributed by atoms with Gasteiger partial charge in [-0.25, -0.2) is 13.4 Å². The molecule has 0 aliphatic carbocycles. The van der Waals surface area contributed by atoms with Crippen LogP contribution in [-0.4, -0.2) is 59.3 Å². The number of hydrogen-bond acceptors (Lipinski definition) is 6. The Bertz CT molecular complexity index is 1460. The Morgan fingerprint density at radius 3 is 2.39 bits per heavy atom. The van der Waals surface area contributed by atoms with Gasteiger partial charge < -0.3 is 4.90 Å². The number of amides is 1. The molecular formula is C28H36N4O4S2. The molecule has 0 saturated carbocycles. The predicted molar refractivity (Wildman–Crippen MR) is 150 cm³/mol. The number of benzene rings is 1. The van der Waals surface area contributed by atoms with E-state index in [1.54, 1.807) is 6.92 Å². The third-order valence-corrected chi connectivity index (χ3v) is 11.0. The lowest BCUT2D eigenvalue weighted by atomic mass is 9.90. The summed E-state index contributed by atoms with van der Waals surface area (Å²) >= 11 is 1.22. The standard InChI is InChI=1S/C28H36N4O4S2/c1-19-13-20(2)16-32(15-19)38(35,36)26-21(3)37-27-25(26)28(34)31(18-29-27)17-24(33)30-11-9-23(10-12-30)14-22-7-5-4-6-8-22/h4-8,18-20,23H,9-17H2,1-3H3/t19-,20-/m1/s1. The zero-order valence-corrected chi connectivity index (χ0v) is 23.9. The molecule has 2 aromatic heterocycles. The highest BCUT2D eigenvalue weighted by Gasteiger charge is 2.36. The highest BCUT2D eigenvalue weighted by molar-refractivity contribution is 7.89. The van der Waals surface area contributed by atoms with E-state index < -0.39 is 15.6 Å². The summed E-state index contributed by atoms with van der Waals surface area (Å²) in [6.07, 6.45) is 5.21. The van der Waals surface area contributed by atoms with Gasteiger partial charge >= 0.3 is 0 Å². The third-order valence-electron chi connectivity index (χ3n) is 7.87. The topological polar surface area (TPSA) is 92.6 Å². The van der Waals surface area contributed by atoms with Crippen LogP contribution in [0.15, 0.2) is 46.3 Å². The average molecular weight is 557 g/mol. The van der Waals surface area contributed by atoms with Gasteiger partial charge in [0, 0.05) is 31.1 Å². The minimum atomic E-state index is -3.87. The second-order valence-corrected chi connectivity index (χ2v) is 14.2. The number of nitrogens with zero attached hydrogens (tertiary/aromatic N) is 4. The second kappa shape index (κ2) is 10.9. The Balaban J connectivity index is 1.34. The third kappa shape index (κ3) is 5.44. The van der Waals surface area contributed by atoms with Crippen molar-refractivity contribution in [3.8, 4) is 0 Å². The minimum absolute atomic E-state index is 0.0554. The first-order valence-electron chi connectivity index (χ1n) is 13.4. The molecule has 0 N–H and O–H groups in total. The molecule has 2 saturated heterocycles. The van der Waals surface area contributed by atoms with Gasteiger partial charge in [-0.15, -0.1) is 11.3 Å². The summed E-state index contributed by atoms with van der Waals surface area (Å²) in [5.74, 6) is 0.899. The molecule has 38 heavy (non-hydrogen) atoms. The molecule has 1 amide bonds. The van der Waals surface area contributed by atoms with Gasteiger partial charge in [-0.3, -0.25) is 14.2 Å². The number of thiophene rings is 1. The minimum Gasteiger partial charge on any atom is -0.341 e. The summed E-state index contributed by atoms with van der Waals surface area (Å²) in [5, 5.41) is 0.107. The summed E-state index contributed by atoms with van der Waals surface area (Å²) in [7, 11) is -3.87. The van der Waals surface area contributed by atoms with Crippen molar-refractivity contribution in [1.29, 1.82) is 0 Å². The van der Waals surface area contributed by atoms with E-state index >= 15 is 0 Å². The molecule has 4 heterocycles. The van der Waals surface area contributed by atoms with Crippen LogP contribution in [0.25, 0.3) is 10.2 Å². The van der Waals surface area contributed by atoms with Crippen molar-refractivity contribution in [3.63, 3.8) is 0 Å². The largest absolute Gasteiger partial charge is 0.341 e. The summed E-state index contributed by atoms with van der Waals surface area (Å²) < 4.78 is 30.3. The molecule has 2 fully saturated rings.